The van der Waals surface area contributed by atoms with Gasteiger partial charge < -0.3 is 16.0 Å². The third-order valence-electron chi connectivity index (χ3n) is 2.19. The highest BCUT2D eigenvalue weighted by Crippen LogP contribution is 2.18. The van der Waals surface area contributed by atoms with E-state index in [-0.39, 0.29) is 6.03 Å². The lowest BCUT2D eigenvalue weighted by atomic mass is 10.4. The van der Waals surface area contributed by atoms with E-state index in [0.29, 0.717) is 0 Å². The van der Waals surface area contributed by atoms with Crippen LogP contribution in [0.1, 0.15) is 32.6 Å². The summed E-state index contributed by atoms with van der Waals surface area (Å²) in [6.07, 6.45) is 4.64. The van der Waals surface area contributed by atoms with Gasteiger partial charge >= 0.3 is 6.03 Å². The van der Waals surface area contributed by atoms with Crippen LogP contribution in [0.5, 0.6) is 0 Å². The SMILES string of the molecule is CCCNC(=O)NCCCNC1CC1. The van der Waals surface area contributed by atoms with Crippen LogP contribution in [0.15, 0.2) is 0 Å². The van der Waals surface area contributed by atoms with Crippen molar-refractivity contribution in [3.63, 3.8) is 0 Å². The monoisotopic (exact) mass is 199 g/mol. The maximum Gasteiger partial charge on any atom is 0.314 e. The number of nitrogens with one attached hydrogen (secondary N) is 3. The quantitative estimate of drug-likeness (QED) is 0.532. The van der Waals surface area contributed by atoms with Crippen molar-refractivity contribution in [1.82, 2.24) is 16.0 Å². The molecule has 0 aromatic heterocycles. The Morgan fingerprint density at radius 3 is 2.57 bits per heavy atom. The Kier molecular flexibility index (Phi) is 5.37. The Hall–Kier alpha value is -0.770. The van der Waals surface area contributed by atoms with Gasteiger partial charge in [-0.15, -0.1) is 0 Å². The van der Waals surface area contributed by atoms with Crippen LogP contribution in [0.2, 0.25) is 0 Å². The van der Waals surface area contributed by atoms with Crippen molar-refractivity contribution in [3.05, 3.63) is 0 Å². The van der Waals surface area contributed by atoms with Gasteiger partial charge in [-0.3, -0.25) is 0 Å². The number of amides is 2. The van der Waals surface area contributed by atoms with E-state index in [9.17, 15) is 4.79 Å². The van der Waals surface area contributed by atoms with Gasteiger partial charge in [0.15, 0.2) is 0 Å². The first-order chi connectivity index (χ1) is 6.83. The fourth-order valence-electron chi connectivity index (χ4n) is 1.18. The molecule has 14 heavy (non-hydrogen) atoms. The molecule has 0 saturated heterocycles. The van der Waals surface area contributed by atoms with E-state index in [1.54, 1.807) is 0 Å². The van der Waals surface area contributed by atoms with Crippen molar-refractivity contribution in [3.8, 4) is 0 Å². The smallest absolute Gasteiger partial charge is 0.314 e. The number of urea groups is 1. The van der Waals surface area contributed by atoms with E-state index in [4.69, 9.17) is 0 Å². The number of carbonyl (C=O) groups is 1. The molecule has 0 radical (unpaired) electrons. The second kappa shape index (κ2) is 6.65. The zero-order valence-electron chi connectivity index (χ0n) is 8.94. The number of carbonyl (C=O) groups excluding carboxylic acids is 1. The fourth-order valence-corrected chi connectivity index (χ4v) is 1.18. The Labute approximate surface area is 85.8 Å². The van der Waals surface area contributed by atoms with Crippen molar-refractivity contribution in [2.24, 2.45) is 0 Å². The van der Waals surface area contributed by atoms with E-state index in [1.807, 2.05) is 6.92 Å². The lowest BCUT2D eigenvalue weighted by Gasteiger charge is -2.06. The van der Waals surface area contributed by atoms with Crippen molar-refractivity contribution in [1.29, 1.82) is 0 Å². The zero-order valence-corrected chi connectivity index (χ0v) is 8.94. The van der Waals surface area contributed by atoms with E-state index >= 15 is 0 Å². The third kappa shape index (κ3) is 5.80. The summed E-state index contributed by atoms with van der Waals surface area (Å²) >= 11 is 0. The first-order valence-corrected chi connectivity index (χ1v) is 5.58. The third-order valence-corrected chi connectivity index (χ3v) is 2.19. The van der Waals surface area contributed by atoms with E-state index < -0.39 is 0 Å². The lowest BCUT2D eigenvalue weighted by molar-refractivity contribution is 0.241. The molecule has 0 aromatic carbocycles. The molecule has 0 aromatic rings. The van der Waals surface area contributed by atoms with Gasteiger partial charge in [-0.1, -0.05) is 6.92 Å². The Morgan fingerprint density at radius 1 is 1.21 bits per heavy atom. The highest BCUT2D eigenvalue weighted by Gasteiger charge is 2.19. The van der Waals surface area contributed by atoms with E-state index in [0.717, 1.165) is 38.5 Å². The van der Waals surface area contributed by atoms with Gasteiger partial charge in [0.25, 0.3) is 0 Å². The minimum Gasteiger partial charge on any atom is -0.338 e. The second-order valence-corrected chi connectivity index (χ2v) is 3.76. The Balaban J connectivity index is 1.79. The van der Waals surface area contributed by atoms with Crippen molar-refractivity contribution >= 4 is 6.03 Å². The van der Waals surface area contributed by atoms with Gasteiger partial charge in [0.05, 0.1) is 0 Å². The number of hydrogen-bond donors (Lipinski definition) is 3. The summed E-state index contributed by atoms with van der Waals surface area (Å²) in [5, 5.41) is 9.00. The normalized spacial score (nSPS) is 15.2. The molecule has 3 N–H and O–H groups in total. The molecule has 2 amide bonds. The summed E-state index contributed by atoms with van der Waals surface area (Å²) in [5.74, 6) is 0. The average molecular weight is 199 g/mol. The molecule has 4 nitrogen and oxygen atoms in total. The molecule has 1 fully saturated rings. The average Bonchev–Trinajstić information content (AvgIpc) is 2.98. The van der Waals surface area contributed by atoms with Crippen molar-refractivity contribution < 1.29 is 4.79 Å². The topological polar surface area (TPSA) is 53.2 Å². The van der Waals surface area contributed by atoms with Crippen LogP contribution < -0.4 is 16.0 Å². The first kappa shape index (κ1) is 11.3. The molecule has 1 aliphatic rings. The van der Waals surface area contributed by atoms with Gasteiger partial charge in [0.1, 0.15) is 0 Å². The molecule has 4 heteroatoms. The maximum atomic E-state index is 11.1. The van der Waals surface area contributed by atoms with Crippen LogP contribution in [0.25, 0.3) is 0 Å². The van der Waals surface area contributed by atoms with Crippen molar-refractivity contribution in [2.75, 3.05) is 19.6 Å². The summed E-state index contributed by atoms with van der Waals surface area (Å²) in [4.78, 5) is 11.1. The molecule has 0 atom stereocenters. The summed E-state index contributed by atoms with van der Waals surface area (Å²) in [7, 11) is 0. The van der Waals surface area contributed by atoms with E-state index in [2.05, 4.69) is 16.0 Å². The number of rotatable bonds is 7. The number of hydrogen-bond acceptors (Lipinski definition) is 2. The van der Waals surface area contributed by atoms with Crippen LogP contribution >= 0.6 is 0 Å². The predicted molar refractivity (Wildman–Crippen MR) is 57.3 cm³/mol. The molecule has 0 bridgehead atoms. The Morgan fingerprint density at radius 2 is 1.93 bits per heavy atom. The molecule has 82 valence electrons. The molecular weight excluding hydrogens is 178 g/mol. The largest absolute Gasteiger partial charge is 0.338 e. The van der Waals surface area contributed by atoms with Gasteiger partial charge in [0.2, 0.25) is 0 Å². The molecule has 1 aliphatic carbocycles. The van der Waals surface area contributed by atoms with Gasteiger partial charge in [-0.05, 0) is 32.2 Å². The molecule has 0 spiro atoms. The maximum absolute atomic E-state index is 11.1. The molecule has 1 rings (SSSR count). The van der Waals surface area contributed by atoms with Crippen LogP contribution in [0.3, 0.4) is 0 Å². The first-order valence-electron chi connectivity index (χ1n) is 5.58. The molecular formula is C10H21N3O. The van der Waals surface area contributed by atoms with Crippen LogP contribution in [-0.4, -0.2) is 31.7 Å². The summed E-state index contributed by atoms with van der Waals surface area (Å²) in [5.41, 5.74) is 0. The Bertz CT molecular complexity index is 169. The standard InChI is InChI=1S/C10H21N3O/c1-2-6-12-10(14)13-8-3-7-11-9-4-5-9/h9,11H,2-8H2,1H3,(H2,12,13,14). The summed E-state index contributed by atoms with van der Waals surface area (Å²) in [6.45, 7) is 4.57. The van der Waals surface area contributed by atoms with Crippen molar-refractivity contribution in [2.45, 2.75) is 38.6 Å². The van der Waals surface area contributed by atoms with E-state index in [1.165, 1.54) is 12.8 Å². The highest BCUT2D eigenvalue weighted by molar-refractivity contribution is 5.73. The second-order valence-electron chi connectivity index (χ2n) is 3.76. The highest BCUT2D eigenvalue weighted by atomic mass is 16.2. The van der Waals surface area contributed by atoms with Crippen LogP contribution in [0.4, 0.5) is 4.79 Å². The minimum absolute atomic E-state index is 0.0433. The summed E-state index contributed by atoms with van der Waals surface area (Å²) in [6, 6.07) is 0.724. The van der Waals surface area contributed by atoms with Gasteiger partial charge in [-0.25, -0.2) is 4.79 Å². The van der Waals surface area contributed by atoms with Gasteiger partial charge in [0, 0.05) is 19.1 Å². The minimum atomic E-state index is -0.0433. The molecule has 0 unspecified atom stereocenters. The lowest BCUT2D eigenvalue weighted by Crippen LogP contribution is -2.37. The van der Waals surface area contributed by atoms with Crippen LogP contribution in [0, 0.1) is 0 Å². The van der Waals surface area contributed by atoms with Gasteiger partial charge in [-0.2, -0.15) is 0 Å². The predicted octanol–water partition coefficient (Wildman–Crippen LogP) is 0.838. The molecule has 0 aliphatic heterocycles. The molecule has 0 heterocycles. The molecule has 1 saturated carbocycles. The summed E-state index contributed by atoms with van der Waals surface area (Å²) < 4.78 is 0. The van der Waals surface area contributed by atoms with Crippen LogP contribution in [-0.2, 0) is 0 Å². The fraction of sp³-hybridized carbons (Fsp3) is 0.900. The zero-order chi connectivity index (χ0) is 10.2.